The SMILES string of the molecule is CC(=O)Oc1cn(C(C)=O)c2c(C(=O)O)cccc12. The molecule has 0 amide bonds. The molecule has 0 fully saturated rings. The second-order valence-electron chi connectivity index (χ2n) is 3.98. The second-order valence-corrected chi connectivity index (χ2v) is 3.98. The largest absolute Gasteiger partial charge is 0.478 e. The van der Waals surface area contributed by atoms with E-state index in [1.54, 1.807) is 6.07 Å². The monoisotopic (exact) mass is 261 g/mol. The van der Waals surface area contributed by atoms with Gasteiger partial charge in [-0.15, -0.1) is 0 Å². The Morgan fingerprint density at radius 2 is 1.89 bits per heavy atom. The lowest BCUT2D eigenvalue weighted by Gasteiger charge is -2.02. The minimum absolute atomic E-state index is 0.0221. The van der Waals surface area contributed by atoms with E-state index in [1.807, 2.05) is 0 Å². The number of carbonyl (C=O) groups is 3. The molecular weight excluding hydrogens is 250 g/mol. The molecule has 0 spiro atoms. The summed E-state index contributed by atoms with van der Waals surface area (Å²) in [6.07, 6.45) is 1.32. The number of esters is 1. The first-order valence-corrected chi connectivity index (χ1v) is 5.48. The van der Waals surface area contributed by atoms with Crippen LogP contribution in [-0.4, -0.2) is 27.5 Å². The van der Waals surface area contributed by atoms with Gasteiger partial charge in [-0.3, -0.25) is 14.2 Å². The summed E-state index contributed by atoms with van der Waals surface area (Å²) in [7, 11) is 0. The highest BCUT2D eigenvalue weighted by Crippen LogP contribution is 2.30. The number of carboxylic acid groups (broad SMARTS) is 1. The lowest BCUT2D eigenvalue weighted by atomic mass is 10.1. The lowest BCUT2D eigenvalue weighted by molar-refractivity contribution is -0.131. The van der Waals surface area contributed by atoms with E-state index in [0.29, 0.717) is 5.39 Å². The minimum Gasteiger partial charge on any atom is -0.478 e. The van der Waals surface area contributed by atoms with Gasteiger partial charge in [-0.05, 0) is 12.1 Å². The van der Waals surface area contributed by atoms with Crippen LogP contribution in [-0.2, 0) is 4.79 Å². The zero-order chi connectivity index (χ0) is 14.2. The van der Waals surface area contributed by atoms with Crippen LogP contribution in [0.15, 0.2) is 24.4 Å². The second kappa shape index (κ2) is 4.56. The van der Waals surface area contributed by atoms with Crippen LogP contribution >= 0.6 is 0 Å². The average Bonchev–Trinajstić information content (AvgIpc) is 2.67. The van der Waals surface area contributed by atoms with Gasteiger partial charge in [0.2, 0.25) is 5.91 Å². The Balaban J connectivity index is 2.82. The van der Waals surface area contributed by atoms with Gasteiger partial charge in [-0.2, -0.15) is 0 Å². The molecule has 1 heterocycles. The topological polar surface area (TPSA) is 85.6 Å². The summed E-state index contributed by atoms with van der Waals surface area (Å²) in [5, 5.41) is 9.56. The lowest BCUT2D eigenvalue weighted by Crippen LogP contribution is -2.07. The van der Waals surface area contributed by atoms with Gasteiger partial charge in [-0.1, -0.05) is 6.07 Å². The zero-order valence-corrected chi connectivity index (χ0v) is 10.3. The van der Waals surface area contributed by atoms with E-state index in [4.69, 9.17) is 9.84 Å². The fourth-order valence-electron chi connectivity index (χ4n) is 1.91. The number of para-hydroxylation sites is 1. The minimum atomic E-state index is -1.15. The van der Waals surface area contributed by atoms with E-state index >= 15 is 0 Å². The third-order valence-electron chi connectivity index (χ3n) is 2.61. The van der Waals surface area contributed by atoms with Crippen molar-refractivity contribution in [3.63, 3.8) is 0 Å². The predicted octanol–water partition coefficient (Wildman–Crippen LogP) is 1.92. The Morgan fingerprint density at radius 1 is 1.21 bits per heavy atom. The van der Waals surface area contributed by atoms with Gasteiger partial charge in [0.25, 0.3) is 0 Å². The van der Waals surface area contributed by atoms with Crippen molar-refractivity contribution in [1.29, 1.82) is 0 Å². The Bertz CT molecular complexity index is 698. The molecule has 2 rings (SSSR count). The van der Waals surface area contributed by atoms with Crippen LogP contribution in [0.2, 0.25) is 0 Å². The number of ether oxygens (including phenoxy) is 1. The normalized spacial score (nSPS) is 10.4. The molecule has 0 atom stereocenters. The van der Waals surface area contributed by atoms with Gasteiger partial charge in [0.1, 0.15) is 0 Å². The maximum atomic E-state index is 11.6. The van der Waals surface area contributed by atoms with Gasteiger partial charge in [-0.25, -0.2) is 4.79 Å². The van der Waals surface area contributed by atoms with Crippen LogP contribution in [0.5, 0.6) is 5.75 Å². The molecule has 98 valence electrons. The van der Waals surface area contributed by atoms with Crippen LogP contribution in [0.4, 0.5) is 0 Å². The number of nitrogens with zero attached hydrogens (tertiary/aromatic N) is 1. The highest BCUT2D eigenvalue weighted by atomic mass is 16.5. The van der Waals surface area contributed by atoms with E-state index < -0.39 is 11.9 Å². The molecule has 1 N–H and O–H groups in total. The molecule has 19 heavy (non-hydrogen) atoms. The highest BCUT2D eigenvalue weighted by molar-refractivity contribution is 6.07. The molecule has 2 aromatic rings. The van der Waals surface area contributed by atoms with Crippen LogP contribution in [0.25, 0.3) is 10.9 Å². The third kappa shape index (κ3) is 2.20. The molecule has 0 aliphatic heterocycles. The molecule has 0 saturated carbocycles. The fraction of sp³-hybridized carbons (Fsp3) is 0.154. The number of hydrogen-bond donors (Lipinski definition) is 1. The molecule has 0 unspecified atom stereocenters. The summed E-state index contributed by atoms with van der Waals surface area (Å²) < 4.78 is 6.15. The molecule has 6 heteroatoms. The van der Waals surface area contributed by atoms with Crippen molar-refractivity contribution >= 4 is 28.7 Å². The van der Waals surface area contributed by atoms with Crippen LogP contribution in [0, 0.1) is 0 Å². The van der Waals surface area contributed by atoms with E-state index in [9.17, 15) is 14.4 Å². The first kappa shape index (κ1) is 12.8. The maximum Gasteiger partial charge on any atom is 0.337 e. The maximum absolute atomic E-state index is 11.6. The Morgan fingerprint density at radius 3 is 2.42 bits per heavy atom. The summed E-state index contributed by atoms with van der Waals surface area (Å²) in [6, 6.07) is 4.52. The summed E-state index contributed by atoms with van der Waals surface area (Å²) in [4.78, 5) is 33.8. The fourth-order valence-corrected chi connectivity index (χ4v) is 1.91. The quantitative estimate of drug-likeness (QED) is 0.835. The first-order valence-electron chi connectivity index (χ1n) is 5.48. The summed E-state index contributed by atoms with van der Waals surface area (Å²) >= 11 is 0. The Hall–Kier alpha value is -2.63. The smallest absolute Gasteiger partial charge is 0.337 e. The number of aromatic nitrogens is 1. The van der Waals surface area contributed by atoms with Crippen molar-refractivity contribution in [3.05, 3.63) is 30.0 Å². The van der Waals surface area contributed by atoms with Crippen molar-refractivity contribution in [2.75, 3.05) is 0 Å². The number of carbonyl (C=O) groups excluding carboxylic acids is 2. The van der Waals surface area contributed by atoms with Crippen molar-refractivity contribution in [2.24, 2.45) is 0 Å². The highest BCUT2D eigenvalue weighted by Gasteiger charge is 2.19. The van der Waals surface area contributed by atoms with Crippen molar-refractivity contribution in [3.8, 4) is 5.75 Å². The number of fused-ring (bicyclic) bond motifs is 1. The van der Waals surface area contributed by atoms with Crippen LogP contribution < -0.4 is 4.74 Å². The van der Waals surface area contributed by atoms with E-state index in [1.165, 1.54) is 32.2 Å². The molecular formula is C13H11NO5. The first-order chi connectivity index (χ1) is 8.91. The Labute approximate surface area is 108 Å². The van der Waals surface area contributed by atoms with Gasteiger partial charge in [0.15, 0.2) is 5.75 Å². The van der Waals surface area contributed by atoms with E-state index in [2.05, 4.69) is 0 Å². The van der Waals surface area contributed by atoms with Crippen LogP contribution in [0.1, 0.15) is 29.0 Å². The summed E-state index contributed by atoms with van der Waals surface area (Å²) in [5.41, 5.74) is 0.199. The molecule has 0 aliphatic carbocycles. The number of benzene rings is 1. The van der Waals surface area contributed by atoms with Crippen molar-refractivity contribution in [1.82, 2.24) is 4.57 Å². The molecule has 0 aliphatic rings. The number of aromatic carboxylic acids is 1. The molecule has 0 radical (unpaired) electrons. The molecule has 6 nitrogen and oxygen atoms in total. The molecule has 1 aromatic carbocycles. The van der Waals surface area contributed by atoms with E-state index in [0.717, 1.165) is 4.57 Å². The van der Waals surface area contributed by atoms with Gasteiger partial charge in [0, 0.05) is 19.2 Å². The third-order valence-corrected chi connectivity index (χ3v) is 2.61. The van der Waals surface area contributed by atoms with E-state index in [-0.39, 0.29) is 22.7 Å². The van der Waals surface area contributed by atoms with Gasteiger partial charge >= 0.3 is 11.9 Å². The number of hydrogen-bond acceptors (Lipinski definition) is 4. The van der Waals surface area contributed by atoms with Crippen LogP contribution in [0.3, 0.4) is 0 Å². The molecule has 1 aromatic heterocycles. The van der Waals surface area contributed by atoms with Gasteiger partial charge < -0.3 is 9.84 Å². The standard InChI is InChI=1S/C13H11NO5/c1-7(15)14-6-11(19-8(2)16)9-4-3-5-10(12(9)14)13(17)18/h3-6H,1-2H3,(H,17,18). The predicted molar refractivity (Wildman–Crippen MR) is 66.5 cm³/mol. The number of rotatable bonds is 2. The summed E-state index contributed by atoms with van der Waals surface area (Å²) in [5.74, 6) is -1.89. The molecule has 0 bridgehead atoms. The van der Waals surface area contributed by atoms with Crippen molar-refractivity contribution in [2.45, 2.75) is 13.8 Å². The van der Waals surface area contributed by atoms with Gasteiger partial charge in [0.05, 0.1) is 17.3 Å². The Kier molecular flexibility index (Phi) is 3.08. The summed E-state index contributed by atoms with van der Waals surface area (Å²) in [6.45, 7) is 2.54. The van der Waals surface area contributed by atoms with Crippen molar-refractivity contribution < 1.29 is 24.2 Å². The average molecular weight is 261 g/mol. The zero-order valence-electron chi connectivity index (χ0n) is 10.3. The number of carboxylic acids is 1. The molecule has 0 saturated heterocycles.